The summed E-state index contributed by atoms with van der Waals surface area (Å²) in [4.78, 5) is 18.0. The minimum Gasteiger partial charge on any atom is -0.268 e. The molecular weight excluding hydrogens is 391 g/mol. The quantitative estimate of drug-likeness (QED) is 0.407. The van der Waals surface area contributed by atoms with Crippen LogP contribution in [-0.4, -0.2) is 9.55 Å². The highest BCUT2D eigenvalue weighted by molar-refractivity contribution is 6.37. The summed E-state index contributed by atoms with van der Waals surface area (Å²) in [6.07, 6.45) is 3.73. The smallest absolute Gasteiger partial charge is 0.266 e. The van der Waals surface area contributed by atoms with Crippen molar-refractivity contribution >= 4 is 46.3 Å². The summed E-state index contributed by atoms with van der Waals surface area (Å²) in [7, 11) is 0. The van der Waals surface area contributed by atoms with Gasteiger partial charge in [-0.1, -0.05) is 77.3 Å². The highest BCUT2D eigenvalue weighted by Crippen LogP contribution is 2.29. The van der Waals surface area contributed by atoms with Crippen molar-refractivity contribution in [3.63, 3.8) is 0 Å². The van der Waals surface area contributed by atoms with Crippen LogP contribution in [0.25, 0.3) is 28.7 Å². The molecule has 3 nitrogen and oxygen atoms in total. The molecule has 0 amide bonds. The Morgan fingerprint density at radius 2 is 1.61 bits per heavy atom. The molecule has 1 aromatic heterocycles. The largest absolute Gasteiger partial charge is 0.268 e. The average molecular weight is 407 g/mol. The maximum absolute atomic E-state index is 13.3. The lowest BCUT2D eigenvalue weighted by Crippen LogP contribution is -2.23. The Labute approximate surface area is 172 Å². The molecule has 0 fully saturated rings. The molecule has 1 heterocycles. The normalized spacial score (nSPS) is 11.4. The van der Waals surface area contributed by atoms with E-state index >= 15 is 0 Å². The number of aryl methyl sites for hydroxylation is 1. The van der Waals surface area contributed by atoms with E-state index in [-0.39, 0.29) is 5.56 Å². The molecule has 0 aliphatic heterocycles. The molecule has 3 aromatic carbocycles. The van der Waals surface area contributed by atoms with E-state index in [1.54, 1.807) is 24.3 Å². The fourth-order valence-corrected chi connectivity index (χ4v) is 3.69. The van der Waals surface area contributed by atoms with Crippen LogP contribution in [0.15, 0.2) is 71.5 Å². The van der Waals surface area contributed by atoms with E-state index in [1.165, 1.54) is 4.57 Å². The molecule has 0 saturated carbocycles. The minimum atomic E-state index is -0.218. The van der Waals surface area contributed by atoms with Crippen LogP contribution >= 0.6 is 23.2 Å². The van der Waals surface area contributed by atoms with E-state index < -0.39 is 0 Å². The highest BCUT2D eigenvalue weighted by atomic mass is 35.5. The zero-order valence-corrected chi connectivity index (χ0v) is 16.6. The number of fused-ring (bicyclic) bond motifs is 1. The molecule has 0 unspecified atom stereocenters. The van der Waals surface area contributed by atoms with E-state index in [1.807, 2.05) is 55.5 Å². The van der Waals surface area contributed by atoms with E-state index in [9.17, 15) is 4.79 Å². The third-order valence-electron chi connectivity index (χ3n) is 4.43. The molecule has 0 atom stereocenters. The first kappa shape index (κ1) is 18.5. The first-order valence-electron chi connectivity index (χ1n) is 8.75. The number of hydrogen-bond donors (Lipinski definition) is 0. The van der Waals surface area contributed by atoms with Gasteiger partial charge in [0.1, 0.15) is 5.82 Å². The van der Waals surface area contributed by atoms with Gasteiger partial charge in [-0.25, -0.2) is 4.98 Å². The van der Waals surface area contributed by atoms with E-state index in [2.05, 4.69) is 6.07 Å². The summed E-state index contributed by atoms with van der Waals surface area (Å²) in [6.45, 7) is 2.03. The minimum absolute atomic E-state index is 0.218. The van der Waals surface area contributed by atoms with Crippen molar-refractivity contribution in [2.24, 2.45) is 0 Å². The Morgan fingerprint density at radius 3 is 2.36 bits per heavy atom. The van der Waals surface area contributed by atoms with Crippen LogP contribution in [0.3, 0.4) is 0 Å². The van der Waals surface area contributed by atoms with Gasteiger partial charge in [0.25, 0.3) is 5.56 Å². The van der Waals surface area contributed by atoms with Crippen molar-refractivity contribution in [1.82, 2.24) is 9.55 Å². The number of aromatic nitrogens is 2. The monoisotopic (exact) mass is 406 g/mol. The third kappa shape index (κ3) is 3.47. The summed E-state index contributed by atoms with van der Waals surface area (Å²) in [5, 5.41) is 1.28. The molecule has 5 heteroatoms. The van der Waals surface area contributed by atoms with Crippen LogP contribution in [-0.2, 0) is 0 Å². The summed E-state index contributed by atoms with van der Waals surface area (Å²) >= 11 is 12.8. The van der Waals surface area contributed by atoms with Gasteiger partial charge in [0.15, 0.2) is 0 Å². The van der Waals surface area contributed by atoms with Gasteiger partial charge >= 0.3 is 0 Å². The van der Waals surface area contributed by atoms with Gasteiger partial charge in [0.2, 0.25) is 0 Å². The van der Waals surface area contributed by atoms with Gasteiger partial charge in [-0.05, 0) is 42.8 Å². The standard InChI is InChI=1S/C23H16Cl2N2O/c1-15-6-4-7-16(14-15)12-13-21-26-20-11-3-2-8-17(20)23(28)27(21)22-18(24)9-5-10-19(22)25/h2-14H,1H3. The first-order chi connectivity index (χ1) is 13.5. The summed E-state index contributed by atoms with van der Waals surface area (Å²) in [5.74, 6) is 0.459. The number of benzene rings is 3. The van der Waals surface area contributed by atoms with Crippen molar-refractivity contribution in [1.29, 1.82) is 0 Å². The zero-order chi connectivity index (χ0) is 19.7. The van der Waals surface area contributed by atoms with Gasteiger partial charge in [0.05, 0.1) is 26.6 Å². The maximum Gasteiger partial charge on any atom is 0.266 e. The van der Waals surface area contributed by atoms with E-state index in [0.717, 1.165) is 11.1 Å². The predicted molar refractivity (Wildman–Crippen MR) is 117 cm³/mol. The Morgan fingerprint density at radius 1 is 0.893 bits per heavy atom. The van der Waals surface area contributed by atoms with E-state index in [0.29, 0.717) is 32.5 Å². The number of para-hydroxylation sites is 2. The van der Waals surface area contributed by atoms with Gasteiger partial charge < -0.3 is 0 Å². The van der Waals surface area contributed by atoms with Gasteiger partial charge in [-0.2, -0.15) is 0 Å². The average Bonchev–Trinajstić information content (AvgIpc) is 2.68. The van der Waals surface area contributed by atoms with Crippen LogP contribution in [0, 0.1) is 6.92 Å². The zero-order valence-electron chi connectivity index (χ0n) is 15.1. The molecule has 0 radical (unpaired) electrons. The lowest BCUT2D eigenvalue weighted by molar-refractivity contribution is 0.944. The van der Waals surface area contributed by atoms with Crippen LogP contribution in [0.1, 0.15) is 17.0 Å². The molecule has 0 spiro atoms. The molecule has 138 valence electrons. The van der Waals surface area contributed by atoms with Crippen molar-refractivity contribution in [3.8, 4) is 5.69 Å². The van der Waals surface area contributed by atoms with Crippen molar-refractivity contribution < 1.29 is 0 Å². The second-order valence-corrected chi connectivity index (χ2v) is 7.26. The molecule has 0 aliphatic carbocycles. The molecule has 0 saturated heterocycles. The Kier molecular flexibility index (Phi) is 5.03. The van der Waals surface area contributed by atoms with Crippen LogP contribution < -0.4 is 5.56 Å². The number of rotatable bonds is 3. The van der Waals surface area contributed by atoms with Crippen molar-refractivity contribution in [2.45, 2.75) is 6.92 Å². The van der Waals surface area contributed by atoms with Gasteiger partial charge in [-0.3, -0.25) is 9.36 Å². The van der Waals surface area contributed by atoms with Crippen LogP contribution in [0.5, 0.6) is 0 Å². The lowest BCUT2D eigenvalue weighted by atomic mass is 10.1. The summed E-state index contributed by atoms with van der Waals surface area (Å²) < 4.78 is 1.47. The highest BCUT2D eigenvalue weighted by Gasteiger charge is 2.16. The number of nitrogens with zero attached hydrogens (tertiary/aromatic N) is 2. The molecule has 4 aromatic rings. The van der Waals surface area contributed by atoms with Crippen molar-refractivity contribution in [3.05, 3.63) is 104 Å². The Balaban J connectivity index is 2.00. The lowest BCUT2D eigenvalue weighted by Gasteiger charge is -2.14. The molecule has 28 heavy (non-hydrogen) atoms. The Hall–Kier alpha value is -2.88. The van der Waals surface area contributed by atoms with Gasteiger partial charge in [-0.15, -0.1) is 0 Å². The number of hydrogen-bond acceptors (Lipinski definition) is 2. The molecule has 0 aliphatic rings. The topological polar surface area (TPSA) is 34.9 Å². The van der Waals surface area contributed by atoms with Crippen LogP contribution in [0.2, 0.25) is 10.0 Å². The summed E-state index contributed by atoms with van der Waals surface area (Å²) in [6, 6.07) is 20.5. The molecular formula is C23H16Cl2N2O. The summed E-state index contributed by atoms with van der Waals surface area (Å²) in [5.41, 5.74) is 3.00. The second-order valence-electron chi connectivity index (χ2n) is 6.45. The fourth-order valence-electron chi connectivity index (χ4n) is 3.12. The number of halogens is 2. The maximum atomic E-state index is 13.3. The van der Waals surface area contributed by atoms with Crippen molar-refractivity contribution in [2.75, 3.05) is 0 Å². The SMILES string of the molecule is Cc1cccc(C=Cc2nc3ccccc3c(=O)n2-c2c(Cl)cccc2Cl)c1. The molecule has 0 bridgehead atoms. The third-order valence-corrected chi connectivity index (χ3v) is 5.04. The first-order valence-corrected chi connectivity index (χ1v) is 9.51. The second kappa shape index (κ2) is 7.63. The fraction of sp³-hybridized carbons (Fsp3) is 0.0435. The predicted octanol–water partition coefficient (Wildman–Crippen LogP) is 6.17. The van der Waals surface area contributed by atoms with Gasteiger partial charge in [0, 0.05) is 0 Å². The van der Waals surface area contributed by atoms with E-state index in [4.69, 9.17) is 28.2 Å². The molecule has 4 rings (SSSR count). The Bertz CT molecular complexity index is 1260. The van der Waals surface area contributed by atoms with Crippen LogP contribution in [0.4, 0.5) is 0 Å². The molecule has 0 N–H and O–H groups in total.